The molecule has 3 aromatic rings. The van der Waals surface area contributed by atoms with E-state index in [1.165, 1.54) is 19.2 Å². The van der Waals surface area contributed by atoms with Crippen LogP contribution in [-0.4, -0.2) is 37.9 Å². The van der Waals surface area contributed by atoms with Gasteiger partial charge in [0.1, 0.15) is 6.04 Å². The van der Waals surface area contributed by atoms with Crippen molar-refractivity contribution in [2.75, 3.05) is 20.0 Å². The zero-order valence-corrected chi connectivity index (χ0v) is 17.2. The molecule has 0 aliphatic carbocycles. The molecule has 3 rings (SSSR count). The van der Waals surface area contributed by atoms with Crippen LogP contribution in [0.2, 0.25) is 0 Å². The molecule has 0 heterocycles. The summed E-state index contributed by atoms with van der Waals surface area (Å²) in [5.41, 5.74) is 2.30. The molecule has 0 aliphatic rings. The van der Waals surface area contributed by atoms with Gasteiger partial charge < -0.3 is 14.2 Å². The van der Waals surface area contributed by atoms with Crippen molar-refractivity contribution in [3.8, 4) is 11.1 Å². The molecule has 6 heteroatoms. The van der Waals surface area contributed by atoms with Gasteiger partial charge in [0.25, 0.3) is 5.91 Å². The van der Waals surface area contributed by atoms with Crippen LogP contribution >= 0.6 is 12.0 Å². The number of carbonyl (C=O) groups excluding carboxylic acids is 2. The molecule has 0 radical (unpaired) electrons. The number of esters is 1. The third-order valence-corrected chi connectivity index (χ3v) is 5.29. The monoisotopic (exact) mass is 409 g/mol. The number of hydrogen-bond donors (Lipinski definition) is 1. The van der Waals surface area contributed by atoms with Crippen LogP contribution in [0.25, 0.3) is 21.9 Å². The van der Waals surface area contributed by atoms with Gasteiger partial charge in [-0.15, -0.1) is 0 Å². The minimum absolute atomic E-state index is 0.314. The van der Waals surface area contributed by atoms with Gasteiger partial charge in [-0.3, -0.25) is 4.79 Å². The molecule has 0 saturated carbocycles. The first-order valence-electron chi connectivity index (χ1n) is 9.27. The molecule has 150 valence electrons. The highest BCUT2D eigenvalue weighted by atomic mass is 32.2. The van der Waals surface area contributed by atoms with E-state index in [-0.39, 0.29) is 5.91 Å². The fourth-order valence-electron chi connectivity index (χ4n) is 3.25. The average Bonchev–Trinajstić information content (AvgIpc) is 2.77. The summed E-state index contributed by atoms with van der Waals surface area (Å²) in [5, 5.41) is 4.99. The van der Waals surface area contributed by atoms with Crippen molar-refractivity contribution in [3.63, 3.8) is 0 Å². The van der Waals surface area contributed by atoms with Crippen LogP contribution in [0, 0.1) is 0 Å². The standard InChI is InChI=1S/C23H23NO4S/c1-27-23(26)21(14-15-29-28-2)24-22(25)20-12-6-5-11-19(20)18-13-7-9-16-8-3-4-10-17(16)18/h3-13,21H,14-15H2,1-2H3,(H,24,25)/t21-/m0/s1. The Labute approximate surface area is 174 Å². The minimum atomic E-state index is -0.740. The van der Waals surface area contributed by atoms with Crippen molar-refractivity contribution in [2.24, 2.45) is 0 Å². The number of benzene rings is 3. The van der Waals surface area contributed by atoms with Crippen LogP contribution < -0.4 is 5.32 Å². The van der Waals surface area contributed by atoms with Crippen molar-refractivity contribution < 1.29 is 18.5 Å². The Hall–Kier alpha value is -2.83. The van der Waals surface area contributed by atoms with Crippen LogP contribution in [0.15, 0.2) is 66.7 Å². The van der Waals surface area contributed by atoms with Gasteiger partial charge in [-0.1, -0.05) is 60.7 Å². The van der Waals surface area contributed by atoms with Gasteiger partial charge in [0, 0.05) is 11.3 Å². The molecule has 0 spiro atoms. The molecular weight excluding hydrogens is 386 g/mol. The van der Waals surface area contributed by atoms with Gasteiger partial charge >= 0.3 is 5.97 Å². The third-order valence-electron chi connectivity index (χ3n) is 4.65. The van der Waals surface area contributed by atoms with Gasteiger partial charge in [-0.2, -0.15) is 0 Å². The molecule has 1 N–H and O–H groups in total. The fourth-order valence-corrected chi connectivity index (χ4v) is 3.75. The largest absolute Gasteiger partial charge is 0.467 e. The second kappa shape index (κ2) is 10.1. The van der Waals surface area contributed by atoms with Crippen LogP contribution in [-0.2, 0) is 13.7 Å². The van der Waals surface area contributed by atoms with E-state index in [2.05, 4.69) is 5.32 Å². The molecule has 0 saturated heterocycles. The molecule has 0 fully saturated rings. The zero-order valence-electron chi connectivity index (χ0n) is 16.4. The molecule has 29 heavy (non-hydrogen) atoms. The fraction of sp³-hybridized carbons (Fsp3) is 0.217. The van der Waals surface area contributed by atoms with Crippen LogP contribution in [0.4, 0.5) is 0 Å². The number of hydrogen-bond acceptors (Lipinski definition) is 5. The Kier molecular flexibility index (Phi) is 7.27. The number of amides is 1. The SMILES string of the molecule is COSCC[C@H](NC(=O)c1ccccc1-c1cccc2ccccc12)C(=O)OC. The molecule has 0 aromatic heterocycles. The second-order valence-electron chi connectivity index (χ2n) is 6.40. The summed E-state index contributed by atoms with van der Waals surface area (Å²) in [6.45, 7) is 0. The molecule has 0 aliphatic heterocycles. The first-order valence-corrected chi connectivity index (χ1v) is 10.2. The van der Waals surface area contributed by atoms with E-state index >= 15 is 0 Å². The summed E-state index contributed by atoms with van der Waals surface area (Å²) in [5.74, 6) is -0.231. The molecular formula is C23H23NO4S. The topological polar surface area (TPSA) is 64.6 Å². The predicted molar refractivity (Wildman–Crippen MR) is 117 cm³/mol. The zero-order chi connectivity index (χ0) is 20.6. The van der Waals surface area contributed by atoms with Crippen molar-refractivity contribution in [1.29, 1.82) is 0 Å². The van der Waals surface area contributed by atoms with Gasteiger partial charge in [0.05, 0.1) is 14.2 Å². The van der Waals surface area contributed by atoms with Crippen LogP contribution in [0.3, 0.4) is 0 Å². The van der Waals surface area contributed by atoms with E-state index in [9.17, 15) is 9.59 Å². The second-order valence-corrected chi connectivity index (χ2v) is 7.38. The molecule has 0 unspecified atom stereocenters. The molecule has 5 nitrogen and oxygen atoms in total. The third kappa shape index (κ3) is 4.96. The number of nitrogens with one attached hydrogen (secondary N) is 1. The molecule has 3 aromatic carbocycles. The van der Waals surface area contributed by atoms with E-state index in [0.717, 1.165) is 21.9 Å². The number of fused-ring (bicyclic) bond motifs is 1. The number of carbonyl (C=O) groups is 2. The van der Waals surface area contributed by atoms with Gasteiger partial charge in [0.2, 0.25) is 0 Å². The Morgan fingerprint density at radius 2 is 1.62 bits per heavy atom. The molecule has 0 bridgehead atoms. The number of ether oxygens (including phenoxy) is 1. The summed E-state index contributed by atoms with van der Waals surface area (Å²) < 4.78 is 9.81. The lowest BCUT2D eigenvalue weighted by atomic mass is 9.94. The summed E-state index contributed by atoms with van der Waals surface area (Å²) in [4.78, 5) is 25.2. The Balaban J connectivity index is 1.93. The van der Waals surface area contributed by atoms with Gasteiger partial charge in [0.15, 0.2) is 0 Å². The highest BCUT2D eigenvalue weighted by Gasteiger charge is 2.23. The molecule has 1 amide bonds. The molecule has 1 atom stereocenters. The smallest absolute Gasteiger partial charge is 0.328 e. The first-order chi connectivity index (χ1) is 14.2. The van der Waals surface area contributed by atoms with Crippen molar-refractivity contribution in [1.82, 2.24) is 5.32 Å². The lowest BCUT2D eigenvalue weighted by Crippen LogP contribution is -2.42. The van der Waals surface area contributed by atoms with Crippen molar-refractivity contribution in [3.05, 3.63) is 72.3 Å². The lowest BCUT2D eigenvalue weighted by Gasteiger charge is -2.18. The first kappa shape index (κ1) is 20.9. The maximum absolute atomic E-state index is 13.1. The van der Waals surface area contributed by atoms with Gasteiger partial charge in [-0.25, -0.2) is 4.79 Å². The maximum atomic E-state index is 13.1. The van der Waals surface area contributed by atoms with E-state index in [0.29, 0.717) is 17.7 Å². The highest BCUT2D eigenvalue weighted by molar-refractivity contribution is 7.94. The quantitative estimate of drug-likeness (QED) is 0.338. The highest BCUT2D eigenvalue weighted by Crippen LogP contribution is 2.31. The Morgan fingerprint density at radius 1 is 0.931 bits per heavy atom. The van der Waals surface area contributed by atoms with Crippen LogP contribution in [0.1, 0.15) is 16.8 Å². The summed E-state index contributed by atoms with van der Waals surface area (Å²) in [6, 6.07) is 20.7. The number of rotatable bonds is 8. The normalized spacial score (nSPS) is 11.8. The Morgan fingerprint density at radius 3 is 2.41 bits per heavy atom. The van der Waals surface area contributed by atoms with E-state index in [4.69, 9.17) is 8.92 Å². The van der Waals surface area contributed by atoms with E-state index in [1.807, 2.05) is 60.7 Å². The summed E-state index contributed by atoms with van der Waals surface area (Å²) >= 11 is 1.23. The maximum Gasteiger partial charge on any atom is 0.328 e. The predicted octanol–water partition coefficient (Wildman–Crippen LogP) is 4.46. The van der Waals surface area contributed by atoms with Crippen molar-refractivity contribution in [2.45, 2.75) is 12.5 Å². The summed E-state index contributed by atoms with van der Waals surface area (Å²) in [6.07, 6.45) is 0.410. The van der Waals surface area contributed by atoms with Crippen LogP contribution in [0.5, 0.6) is 0 Å². The van der Waals surface area contributed by atoms with Crippen molar-refractivity contribution >= 4 is 34.7 Å². The number of methoxy groups -OCH3 is 1. The van der Waals surface area contributed by atoms with Gasteiger partial charge in [-0.05, 0) is 46.4 Å². The lowest BCUT2D eigenvalue weighted by molar-refractivity contribution is -0.142. The minimum Gasteiger partial charge on any atom is -0.467 e. The van der Waals surface area contributed by atoms with E-state index < -0.39 is 12.0 Å². The van der Waals surface area contributed by atoms with E-state index in [1.54, 1.807) is 13.2 Å². The Bertz CT molecular complexity index is 1000. The average molecular weight is 410 g/mol. The summed E-state index contributed by atoms with van der Waals surface area (Å²) in [7, 11) is 2.88.